The molecule has 2 amide bonds. The number of aromatic nitrogens is 2. The molecule has 3 aromatic rings. The van der Waals surface area contributed by atoms with Crippen molar-refractivity contribution in [3.8, 4) is 0 Å². The van der Waals surface area contributed by atoms with E-state index in [0.717, 1.165) is 17.2 Å². The topological polar surface area (TPSA) is 164 Å². The number of pyridine rings is 2. The number of hydrogen-bond donors (Lipinski definition) is 2. The molecule has 2 N–H and O–H groups in total. The van der Waals surface area contributed by atoms with Crippen LogP contribution in [0.2, 0.25) is 0 Å². The third-order valence-electron chi connectivity index (χ3n) is 6.51. The Hall–Kier alpha value is -5.04. The van der Waals surface area contributed by atoms with Crippen LogP contribution in [-0.4, -0.2) is 65.3 Å². The summed E-state index contributed by atoms with van der Waals surface area (Å²) in [5.74, 6) is -2.67. The van der Waals surface area contributed by atoms with Crippen molar-refractivity contribution < 1.29 is 33.5 Å². The third kappa shape index (κ3) is 6.25. The van der Waals surface area contributed by atoms with Crippen LogP contribution < -0.4 is 26.6 Å². The number of ketones is 1. The van der Waals surface area contributed by atoms with E-state index in [-0.39, 0.29) is 48.1 Å². The Labute approximate surface area is 233 Å². The van der Waals surface area contributed by atoms with Crippen LogP contribution in [-0.2, 0) is 23.1 Å². The Kier molecular flexibility index (Phi) is 8.78. The minimum atomic E-state index is -0.894. The largest absolute Gasteiger partial charge is 0.464 e. The Morgan fingerprint density at radius 2 is 1.41 bits per heavy atom. The molecule has 0 aliphatic carbocycles. The average Bonchev–Trinajstić information content (AvgIpc) is 3.39. The molecule has 214 valence electrons. The number of esters is 1. The lowest BCUT2D eigenvalue weighted by Gasteiger charge is -2.21. The van der Waals surface area contributed by atoms with Crippen molar-refractivity contribution >= 4 is 23.6 Å². The molecule has 4 rings (SSSR count). The van der Waals surface area contributed by atoms with Gasteiger partial charge in [-0.05, 0) is 29.8 Å². The third-order valence-corrected chi connectivity index (χ3v) is 6.51. The standard InChI is InChI=1S/C28H28N4O9/c1-16(33)22-11-9-18(26(36)31(22)2)24(34)29-20-14-40-15-21(20)30-25(35)19-10-12-23(28(38)39-3)32(27(19)37)41-13-17-7-5-4-6-8-17/h4-12,20-21H,13-15H2,1-3H3,(H,29,34)(H,30,35)/t20-,21+/m1/s1. The fourth-order valence-electron chi connectivity index (χ4n) is 4.28. The average molecular weight is 565 g/mol. The molecule has 13 heteroatoms. The van der Waals surface area contributed by atoms with Gasteiger partial charge in [-0.3, -0.25) is 24.0 Å². The minimum absolute atomic E-state index is 0.0247. The van der Waals surface area contributed by atoms with Gasteiger partial charge in [-0.2, -0.15) is 0 Å². The van der Waals surface area contributed by atoms with Crippen LogP contribution in [0.5, 0.6) is 0 Å². The summed E-state index contributed by atoms with van der Waals surface area (Å²) in [7, 11) is 2.54. The SMILES string of the molecule is COC(=O)c1ccc(C(=O)N[C@H]2COC[C@H]2NC(=O)c2ccc(C(C)=O)n(C)c2=O)c(=O)n1OCc1ccccc1. The van der Waals surface area contributed by atoms with E-state index in [1.165, 1.54) is 38.2 Å². The van der Waals surface area contributed by atoms with E-state index in [4.69, 9.17) is 14.3 Å². The molecule has 41 heavy (non-hydrogen) atoms. The van der Waals surface area contributed by atoms with Gasteiger partial charge in [0.15, 0.2) is 11.5 Å². The number of nitrogens with one attached hydrogen (secondary N) is 2. The number of methoxy groups -OCH3 is 1. The lowest BCUT2D eigenvalue weighted by Crippen LogP contribution is -2.52. The first-order chi connectivity index (χ1) is 19.6. The number of carbonyl (C=O) groups is 4. The molecule has 0 unspecified atom stereocenters. The van der Waals surface area contributed by atoms with Crippen molar-refractivity contribution in [1.29, 1.82) is 0 Å². The summed E-state index contributed by atoms with van der Waals surface area (Å²) < 4.78 is 12.0. The summed E-state index contributed by atoms with van der Waals surface area (Å²) in [6.45, 7) is 1.31. The fraction of sp³-hybridized carbons (Fsp3) is 0.286. The van der Waals surface area contributed by atoms with Crippen LogP contribution in [0.1, 0.15) is 54.2 Å². The van der Waals surface area contributed by atoms with Crippen molar-refractivity contribution in [3.63, 3.8) is 0 Å². The van der Waals surface area contributed by atoms with E-state index in [1.54, 1.807) is 24.3 Å². The van der Waals surface area contributed by atoms with Crippen LogP contribution >= 0.6 is 0 Å². The highest BCUT2D eigenvalue weighted by molar-refractivity contribution is 5.97. The number of benzene rings is 1. The highest BCUT2D eigenvalue weighted by Gasteiger charge is 2.33. The maximum Gasteiger partial charge on any atom is 0.358 e. The maximum atomic E-state index is 13.2. The predicted octanol–water partition coefficient (Wildman–Crippen LogP) is 0.0922. The first-order valence-electron chi connectivity index (χ1n) is 12.5. The van der Waals surface area contributed by atoms with Crippen molar-refractivity contribution in [2.45, 2.75) is 25.6 Å². The molecule has 1 aliphatic heterocycles. The Morgan fingerprint density at radius 3 is 1.98 bits per heavy atom. The normalized spacial score (nSPS) is 16.1. The molecule has 0 radical (unpaired) electrons. The van der Waals surface area contributed by atoms with E-state index in [2.05, 4.69) is 10.6 Å². The van der Waals surface area contributed by atoms with Crippen LogP contribution in [0.3, 0.4) is 0 Å². The van der Waals surface area contributed by atoms with Crippen LogP contribution in [0.25, 0.3) is 0 Å². The van der Waals surface area contributed by atoms with E-state index in [9.17, 15) is 28.8 Å². The molecule has 1 saturated heterocycles. The van der Waals surface area contributed by atoms with E-state index < -0.39 is 41.0 Å². The summed E-state index contributed by atoms with van der Waals surface area (Å²) in [5.41, 5.74) is -1.40. The second-order valence-corrected chi connectivity index (χ2v) is 9.23. The van der Waals surface area contributed by atoms with Gasteiger partial charge >= 0.3 is 5.97 Å². The molecule has 13 nitrogen and oxygen atoms in total. The molecule has 1 fully saturated rings. The van der Waals surface area contributed by atoms with E-state index in [1.807, 2.05) is 6.07 Å². The molecule has 3 heterocycles. The predicted molar refractivity (Wildman–Crippen MR) is 144 cm³/mol. The van der Waals surface area contributed by atoms with Crippen LogP contribution in [0, 0.1) is 0 Å². The van der Waals surface area contributed by atoms with Gasteiger partial charge in [0, 0.05) is 14.0 Å². The molecule has 1 aliphatic rings. The number of rotatable bonds is 9. The summed E-state index contributed by atoms with van der Waals surface area (Å²) in [4.78, 5) is 81.4. The summed E-state index contributed by atoms with van der Waals surface area (Å²) >= 11 is 0. The van der Waals surface area contributed by atoms with Crippen molar-refractivity contribution in [1.82, 2.24) is 19.9 Å². The zero-order valence-corrected chi connectivity index (χ0v) is 22.5. The van der Waals surface area contributed by atoms with Gasteiger partial charge in [0.1, 0.15) is 17.7 Å². The quantitative estimate of drug-likeness (QED) is 0.271. The van der Waals surface area contributed by atoms with Gasteiger partial charge in [-0.1, -0.05) is 30.3 Å². The highest BCUT2D eigenvalue weighted by Crippen LogP contribution is 2.10. The Balaban J connectivity index is 1.52. The number of Topliss-reactive ketones (excluding diaryl/α,β-unsaturated/α-hetero) is 1. The molecular weight excluding hydrogens is 536 g/mol. The summed E-state index contributed by atoms with van der Waals surface area (Å²) in [6.07, 6.45) is 0. The second-order valence-electron chi connectivity index (χ2n) is 9.23. The maximum absolute atomic E-state index is 13.2. The zero-order valence-electron chi connectivity index (χ0n) is 22.5. The first-order valence-corrected chi connectivity index (χ1v) is 12.5. The van der Waals surface area contributed by atoms with Crippen LogP contribution in [0.15, 0.2) is 64.2 Å². The molecule has 0 saturated carbocycles. The van der Waals surface area contributed by atoms with Gasteiger partial charge in [0.25, 0.3) is 22.9 Å². The van der Waals surface area contributed by atoms with Crippen molar-refractivity contribution in [3.05, 3.63) is 103 Å². The summed E-state index contributed by atoms with van der Waals surface area (Å²) in [5, 5.41) is 5.33. The molecule has 0 bridgehead atoms. The zero-order chi connectivity index (χ0) is 29.7. The fourth-order valence-corrected chi connectivity index (χ4v) is 4.28. The monoisotopic (exact) mass is 564 g/mol. The Morgan fingerprint density at radius 1 is 0.854 bits per heavy atom. The molecule has 2 atom stereocenters. The second kappa shape index (κ2) is 12.4. The van der Waals surface area contributed by atoms with Gasteiger partial charge < -0.3 is 29.5 Å². The molecule has 0 spiro atoms. The first kappa shape index (κ1) is 29.0. The number of ether oxygens (including phenoxy) is 2. The summed E-state index contributed by atoms with van der Waals surface area (Å²) in [6, 6.07) is 12.5. The van der Waals surface area contributed by atoms with Gasteiger partial charge in [-0.15, -0.1) is 4.73 Å². The van der Waals surface area contributed by atoms with Crippen molar-refractivity contribution in [2.24, 2.45) is 7.05 Å². The van der Waals surface area contributed by atoms with Crippen molar-refractivity contribution in [2.75, 3.05) is 20.3 Å². The molecular formula is C28H28N4O9. The van der Waals surface area contributed by atoms with E-state index >= 15 is 0 Å². The molecule has 1 aromatic carbocycles. The van der Waals surface area contributed by atoms with Gasteiger partial charge in [-0.25, -0.2) is 4.79 Å². The van der Waals surface area contributed by atoms with E-state index in [0.29, 0.717) is 4.73 Å². The van der Waals surface area contributed by atoms with Gasteiger partial charge in [0.05, 0.1) is 38.1 Å². The number of hydrogen-bond acceptors (Lipinski definition) is 9. The Bertz CT molecular complexity index is 1610. The number of carbonyl (C=O) groups excluding carboxylic acids is 4. The number of nitrogens with zero attached hydrogens (tertiary/aromatic N) is 2. The smallest absolute Gasteiger partial charge is 0.358 e. The van der Waals surface area contributed by atoms with Crippen LogP contribution in [0.4, 0.5) is 0 Å². The molecule has 2 aromatic heterocycles. The lowest BCUT2D eigenvalue weighted by molar-refractivity contribution is 0.0456. The minimum Gasteiger partial charge on any atom is -0.464 e. The lowest BCUT2D eigenvalue weighted by atomic mass is 10.1. The number of amides is 2. The highest BCUT2D eigenvalue weighted by atomic mass is 16.7. The van der Waals surface area contributed by atoms with Gasteiger partial charge in [0.2, 0.25) is 0 Å².